The number of rotatable bonds is 7. The minimum atomic E-state index is -1.17. The van der Waals surface area contributed by atoms with E-state index >= 15 is 4.39 Å². The molecule has 0 spiro atoms. The molecular formula is C24H28FN5O4. The highest BCUT2D eigenvalue weighted by molar-refractivity contribution is 5.91. The summed E-state index contributed by atoms with van der Waals surface area (Å²) in [6, 6.07) is 12.1. The number of methoxy groups -OCH3 is 1. The number of hydrogen-bond donors (Lipinski definition) is 2. The number of benzene rings is 2. The zero-order valence-corrected chi connectivity index (χ0v) is 18.9. The summed E-state index contributed by atoms with van der Waals surface area (Å²) in [7, 11) is 1.48. The fraction of sp³-hybridized carbons (Fsp3) is 0.417. The number of fused-ring (bicyclic) bond motifs is 1. The largest absolute Gasteiger partial charge is 0.492 e. The number of nitrogen functional groups attached to an aromatic ring is 1. The number of nitrogens with zero attached hydrogens (tertiary/aromatic N) is 3. The molecule has 1 aliphatic carbocycles. The van der Waals surface area contributed by atoms with Crippen LogP contribution in [0.1, 0.15) is 18.9 Å². The summed E-state index contributed by atoms with van der Waals surface area (Å²) in [4.78, 5) is 27.4. The third-order valence-corrected chi connectivity index (χ3v) is 6.70. The fourth-order valence-electron chi connectivity index (χ4n) is 4.74. The van der Waals surface area contributed by atoms with E-state index in [0.717, 1.165) is 12.8 Å². The monoisotopic (exact) mass is 469 g/mol. The molecule has 0 unspecified atom stereocenters. The van der Waals surface area contributed by atoms with Gasteiger partial charge in [0, 0.05) is 31.1 Å². The number of alkyl halides is 1. The van der Waals surface area contributed by atoms with Crippen LogP contribution in [0, 0.1) is 5.92 Å². The zero-order valence-electron chi connectivity index (χ0n) is 18.9. The van der Waals surface area contributed by atoms with Gasteiger partial charge in [-0.05, 0) is 37.1 Å². The fourth-order valence-corrected chi connectivity index (χ4v) is 4.74. The van der Waals surface area contributed by atoms with Crippen LogP contribution in [0.4, 0.5) is 10.1 Å². The van der Waals surface area contributed by atoms with Gasteiger partial charge in [0.2, 0.25) is 0 Å². The Morgan fingerprint density at radius 1 is 1.12 bits per heavy atom. The van der Waals surface area contributed by atoms with E-state index < -0.39 is 29.4 Å². The van der Waals surface area contributed by atoms with Gasteiger partial charge in [0.25, 0.3) is 5.56 Å². The Kier molecular flexibility index (Phi) is 5.68. The van der Waals surface area contributed by atoms with Gasteiger partial charge in [0.05, 0.1) is 18.2 Å². The molecule has 180 valence electrons. The number of aromatic nitrogens is 2. The number of hydrogen-bond acceptors (Lipinski definition) is 7. The molecule has 0 amide bonds. The average Bonchev–Trinajstić information content (AvgIpc) is 3.61. The van der Waals surface area contributed by atoms with Crippen molar-refractivity contribution in [1.29, 1.82) is 0 Å². The highest BCUT2D eigenvalue weighted by Gasteiger charge is 2.39. The molecule has 0 bridgehead atoms. The van der Waals surface area contributed by atoms with E-state index in [2.05, 4.69) is 0 Å². The Morgan fingerprint density at radius 3 is 2.53 bits per heavy atom. The van der Waals surface area contributed by atoms with Gasteiger partial charge >= 0.3 is 5.69 Å². The molecule has 2 aliphatic rings. The first-order chi connectivity index (χ1) is 16.4. The van der Waals surface area contributed by atoms with Crippen molar-refractivity contribution < 1.29 is 13.9 Å². The first kappa shape index (κ1) is 22.3. The van der Waals surface area contributed by atoms with Crippen LogP contribution in [0.2, 0.25) is 0 Å². The minimum Gasteiger partial charge on any atom is -0.492 e. The minimum absolute atomic E-state index is 0.0432. The molecule has 2 aromatic carbocycles. The Hall–Kier alpha value is -3.53. The van der Waals surface area contributed by atoms with Crippen LogP contribution in [0.15, 0.2) is 52.1 Å². The van der Waals surface area contributed by atoms with E-state index in [4.69, 9.17) is 21.1 Å². The normalized spacial score (nSPS) is 21.1. The van der Waals surface area contributed by atoms with Gasteiger partial charge < -0.3 is 25.9 Å². The van der Waals surface area contributed by atoms with E-state index in [0.29, 0.717) is 33.9 Å². The number of halogens is 1. The quantitative estimate of drug-likeness (QED) is 0.502. The summed E-state index contributed by atoms with van der Waals surface area (Å²) in [6.45, 7) is 0.659. The first-order valence-corrected chi connectivity index (χ1v) is 11.4. The predicted molar refractivity (Wildman–Crippen MR) is 128 cm³/mol. The van der Waals surface area contributed by atoms with Crippen molar-refractivity contribution in [2.45, 2.75) is 31.1 Å². The number of anilines is 1. The lowest BCUT2D eigenvalue weighted by molar-refractivity contribution is 0.196. The third-order valence-electron chi connectivity index (χ3n) is 6.70. The van der Waals surface area contributed by atoms with E-state index in [1.54, 1.807) is 12.1 Å². The maximum atomic E-state index is 15.1. The molecule has 5 rings (SSSR count). The lowest BCUT2D eigenvalue weighted by Gasteiger charge is -2.24. The van der Waals surface area contributed by atoms with Crippen LogP contribution >= 0.6 is 0 Å². The topological polar surface area (TPSA) is 118 Å². The van der Waals surface area contributed by atoms with E-state index in [9.17, 15) is 9.59 Å². The van der Waals surface area contributed by atoms with E-state index in [1.165, 1.54) is 11.7 Å². The van der Waals surface area contributed by atoms with E-state index in [-0.39, 0.29) is 24.6 Å². The van der Waals surface area contributed by atoms with Crippen LogP contribution in [-0.4, -0.2) is 48.3 Å². The Balaban J connectivity index is 1.46. The zero-order chi connectivity index (χ0) is 24.0. The third kappa shape index (κ3) is 3.77. The highest BCUT2D eigenvalue weighted by Crippen LogP contribution is 2.42. The Bertz CT molecular complexity index is 1320. The van der Waals surface area contributed by atoms with Crippen LogP contribution in [-0.2, 0) is 0 Å². The smallest absolute Gasteiger partial charge is 0.350 e. The lowest BCUT2D eigenvalue weighted by atomic mass is 9.99. The second-order valence-electron chi connectivity index (χ2n) is 8.95. The molecule has 9 nitrogen and oxygen atoms in total. The molecule has 2 fully saturated rings. The first-order valence-electron chi connectivity index (χ1n) is 11.4. The van der Waals surface area contributed by atoms with Crippen molar-refractivity contribution in [3.8, 4) is 11.5 Å². The van der Waals surface area contributed by atoms with Crippen molar-refractivity contribution in [2.75, 3.05) is 37.5 Å². The molecule has 1 saturated carbocycles. The molecule has 3 aromatic rings. The molecule has 1 aromatic heterocycles. The summed E-state index contributed by atoms with van der Waals surface area (Å²) in [6.07, 6.45) is 0.460. The van der Waals surface area contributed by atoms with Crippen molar-refractivity contribution >= 4 is 16.6 Å². The van der Waals surface area contributed by atoms with Crippen LogP contribution in [0.5, 0.6) is 11.5 Å². The summed E-state index contributed by atoms with van der Waals surface area (Å²) in [5, 5.41) is 0.287. The van der Waals surface area contributed by atoms with Gasteiger partial charge in [-0.1, -0.05) is 18.2 Å². The van der Waals surface area contributed by atoms with Gasteiger partial charge in [0.1, 0.15) is 24.0 Å². The summed E-state index contributed by atoms with van der Waals surface area (Å²) in [5.41, 5.74) is 6.15. The Morgan fingerprint density at radius 2 is 1.85 bits per heavy atom. The SMILES string of the molecule is COc1c(N2C[C@H]([C@@H](N)COc3ccccc3)[C@H](F)C2)ccc2c(=O)n(N)c(=O)n(C3CC3)c12. The second-order valence-corrected chi connectivity index (χ2v) is 8.95. The van der Waals surface area contributed by atoms with Gasteiger partial charge in [0.15, 0.2) is 5.75 Å². The maximum Gasteiger partial charge on any atom is 0.350 e. The van der Waals surface area contributed by atoms with Crippen LogP contribution in [0.25, 0.3) is 10.9 Å². The van der Waals surface area contributed by atoms with Crippen LogP contribution < -0.4 is 37.2 Å². The molecular weight excluding hydrogens is 441 g/mol. The highest BCUT2D eigenvalue weighted by atomic mass is 19.1. The average molecular weight is 470 g/mol. The second kappa shape index (κ2) is 8.68. The number of ether oxygens (including phenoxy) is 2. The number of para-hydroxylation sites is 1. The van der Waals surface area contributed by atoms with Gasteiger partial charge in [-0.15, -0.1) is 0 Å². The van der Waals surface area contributed by atoms with Crippen molar-refractivity contribution in [3.05, 3.63) is 63.3 Å². The summed E-state index contributed by atoms with van der Waals surface area (Å²) < 4.78 is 28.7. The Labute approximate surface area is 195 Å². The molecule has 0 radical (unpaired) electrons. The number of nitrogens with two attached hydrogens (primary N) is 2. The molecule has 10 heteroatoms. The van der Waals surface area contributed by atoms with Gasteiger partial charge in [-0.3, -0.25) is 9.36 Å². The van der Waals surface area contributed by atoms with E-state index in [1.807, 2.05) is 35.2 Å². The molecule has 1 saturated heterocycles. The van der Waals surface area contributed by atoms with Crippen molar-refractivity contribution in [2.24, 2.45) is 11.7 Å². The standard InChI is InChI=1S/C24H28FN5O4/c1-33-22-20(10-9-16-21(22)29(14-7-8-14)24(32)30(27)23(16)31)28-11-17(18(25)12-28)19(26)13-34-15-5-3-2-4-6-15/h2-6,9-10,14,17-19H,7-8,11-13,26-27H2,1H3/t17-,18+,19-/m0/s1. The van der Waals surface area contributed by atoms with Gasteiger partial charge in [-0.25, -0.2) is 9.18 Å². The molecule has 1 aliphatic heterocycles. The van der Waals surface area contributed by atoms with Crippen LogP contribution in [0.3, 0.4) is 0 Å². The maximum absolute atomic E-state index is 15.1. The molecule has 3 atom stereocenters. The van der Waals surface area contributed by atoms with Gasteiger partial charge in [-0.2, -0.15) is 4.68 Å². The van der Waals surface area contributed by atoms with Crippen molar-refractivity contribution in [3.63, 3.8) is 0 Å². The molecule has 2 heterocycles. The predicted octanol–water partition coefficient (Wildman–Crippen LogP) is 1.40. The summed E-state index contributed by atoms with van der Waals surface area (Å²) in [5.74, 6) is 6.34. The van der Waals surface area contributed by atoms with Crippen molar-refractivity contribution in [1.82, 2.24) is 9.24 Å². The summed E-state index contributed by atoms with van der Waals surface area (Å²) >= 11 is 0. The molecule has 4 N–H and O–H groups in total. The molecule has 34 heavy (non-hydrogen) atoms. The lowest BCUT2D eigenvalue weighted by Crippen LogP contribution is -2.44.